The van der Waals surface area contributed by atoms with Gasteiger partial charge in [0, 0.05) is 18.5 Å². The maximum atomic E-state index is 12.6. The summed E-state index contributed by atoms with van der Waals surface area (Å²) in [6, 6.07) is 9.57. The van der Waals surface area contributed by atoms with Gasteiger partial charge in [0.1, 0.15) is 11.8 Å². The first kappa shape index (κ1) is 14.1. The van der Waals surface area contributed by atoms with Gasteiger partial charge in [0.2, 0.25) is 0 Å². The fourth-order valence-corrected chi connectivity index (χ4v) is 2.22. The predicted octanol–water partition coefficient (Wildman–Crippen LogP) is 3.44. The first-order valence-electron chi connectivity index (χ1n) is 6.76. The number of nitriles is 1. The fraction of sp³-hybridized carbons (Fsp3) is 0.375. The Hall–Kier alpha value is -2.28. The summed E-state index contributed by atoms with van der Waals surface area (Å²) in [4.78, 5) is 14.3. The number of hydrogen-bond acceptors (Lipinski definition) is 3. The molecule has 1 heterocycles. The van der Waals surface area contributed by atoms with E-state index in [2.05, 4.69) is 19.9 Å². The van der Waals surface area contributed by atoms with E-state index in [1.807, 2.05) is 24.3 Å². The third kappa shape index (κ3) is 3.00. The molecule has 0 N–H and O–H groups in total. The normalized spacial score (nSPS) is 10.7. The van der Waals surface area contributed by atoms with E-state index in [-0.39, 0.29) is 5.91 Å². The molecule has 20 heavy (non-hydrogen) atoms. The summed E-state index contributed by atoms with van der Waals surface area (Å²) in [7, 11) is 0. The van der Waals surface area contributed by atoms with E-state index in [1.165, 1.54) is 6.26 Å². The van der Waals surface area contributed by atoms with Crippen LogP contribution in [0.15, 0.2) is 34.9 Å². The van der Waals surface area contributed by atoms with Crippen molar-refractivity contribution >= 4 is 16.9 Å². The van der Waals surface area contributed by atoms with Gasteiger partial charge in [-0.3, -0.25) is 4.79 Å². The molecule has 2 aromatic rings. The molecule has 1 amide bonds. The van der Waals surface area contributed by atoms with E-state index in [0.29, 0.717) is 36.6 Å². The highest BCUT2D eigenvalue weighted by Gasteiger charge is 2.20. The molecule has 0 bridgehead atoms. The maximum Gasteiger partial charge on any atom is 0.257 e. The van der Waals surface area contributed by atoms with Crippen molar-refractivity contribution < 1.29 is 9.21 Å². The molecular weight excluding hydrogens is 252 g/mol. The van der Waals surface area contributed by atoms with Gasteiger partial charge in [-0.25, -0.2) is 0 Å². The lowest BCUT2D eigenvalue weighted by Crippen LogP contribution is -2.34. The molecule has 104 valence electrons. The van der Waals surface area contributed by atoms with E-state index >= 15 is 0 Å². The zero-order chi connectivity index (χ0) is 14.5. The Balaban J connectivity index is 2.28. The smallest absolute Gasteiger partial charge is 0.257 e. The van der Waals surface area contributed by atoms with Gasteiger partial charge in [-0.2, -0.15) is 5.26 Å². The molecule has 0 saturated carbocycles. The van der Waals surface area contributed by atoms with Crippen molar-refractivity contribution in [2.45, 2.75) is 20.3 Å². The van der Waals surface area contributed by atoms with E-state index in [1.54, 1.807) is 4.90 Å². The van der Waals surface area contributed by atoms with Crippen LogP contribution in [0.5, 0.6) is 0 Å². The zero-order valence-corrected chi connectivity index (χ0v) is 11.8. The third-order valence-electron chi connectivity index (χ3n) is 3.08. The van der Waals surface area contributed by atoms with Crippen molar-refractivity contribution in [2.24, 2.45) is 5.92 Å². The summed E-state index contributed by atoms with van der Waals surface area (Å²) < 4.78 is 5.42. The van der Waals surface area contributed by atoms with Crippen LogP contribution >= 0.6 is 0 Å². The van der Waals surface area contributed by atoms with Crippen LogP contribution in [0.2, 0.25) is 0 Å². The summed E-state index contributed by atoms with van der Waals surface area (Å²) in [6.45, 7) is 5.20. The lowest BCUT2D eigenvalue weighted by molar-refractivity contribution is 0.0741. The molecule has 4 heteroatoms. The van der Waals surface area contributed by atoms with Crippen LogP contribution in [0.25, 0.3) is 11.0 Å². The van der Waals surface area contributed by atoms with Crippen molar-refractivity contribution in [3.8, 4) is 6.07 Å². The fourth-order valence-electron chi connectivity index (χ4n) is 2.22. The van der Waals surface area contributed by atoms with Crippen molar-refractivity contribution in [3.63, 3.8) is 0 Å². The molecule has 0 unspecified atom stereocenters. The van der Waals surface area contributed by atoms with E-state index < -0.39 is 0 Å². The van der Waals surface area contributed by atoms with Gasteiger partial charge in [0.15, 0.2) is 0 Å². The molecule has 0 aliphatic heterocycles. The van der Waals surface area contributed by atoms with Crippen molar-refractivity contribution in [2.75, 3.05) is 13.1 Å². The molecule has 0 fully saturated rings. The van der Waals surface area contributed by atoms with Crippen LogP contribution in [-0.4, -0.2) is 23.9 Å². The minimum Gasteiger partial charge on any atom is -0.463 e. The lowest BCUT2D eigenvalue weighted by atomic mass is 10.1. The topological polar surface area (TPSA) is 57.2 Å². The lowest BCUT2D eigenvalue weighted by Gasteiger charge is -2.23. The second-order valence-corrected chi connectivity index (χ2v) is 5.20. The molecule has 4 nitrogen and oxygen atoms in total. The number of amides is 1. The summed E-state index contributed by atoms with van der Waals surface area (Å²) in [5.74, 6) is 0.287. The highest BCUT2D eigenvalue weighted by atomic mass is 16.3. The molecule has 1 aromatic carbocycles. The van der Waals surface area contributed by atoms with E-state index in [0.717, 1.165) is 5.39 Å². The average molecular weight is 270 g/mol. The molecule has 0 aliphatic carbocycles. The standard InChI is InChI=1S/C16H18N2O2/c1-12(2)10-18(9-5-8-17)16(19)14-11-20-15-7-4-3-6-13(14)15/h3-4,6-7,11-12H,5,9-10H2,1-2H3. The van der Waals surface area contributed by atoms with Gasteiger partial charge in [-0.05, 0) is 12.0 Å². The molecule has 1 aromatic heterocycles. The number of furan rings is 1. The van der Waals surface area contributed by atoms with Gasteiger partial charge < -0.3 is 9.32 Å². The monoisotopic (exact) mass is 270 g/mol. The number of benzene rings is 1. The molecule has 0 atom stereocenters. The highest BCUT2D eigenvalue weighted by molar-refractivity contribution is 6.05. The van der Waals surface area contributed by atoms with Gasteiger partial charge >= 0.3 is 0 Å². The Morgan fingerprint density at radius 2 is 2.15 bits per heavy atom. The SMILES string of the molecule is CC(C)CN(CCC#N)C(=O)c1coc2ccccc12. The maximum absolute atomic E-state index is 12.6. The number of hydrogen-bond donors (Lipinski definition) is 0. The first-order chi connectivity index (χ1) is 9.63. The number of para-hydroxylation sites is 1. The quantitative estimate of drug-likeness (QED) is 0.836. The van der Waals surface area contributed by atoms with Gasteiger partial charge in [-0.1, -0.05) is 32.0 Å². The molecule has 2 rings (SSSR count). The summed E-state index contributed by atoms with van der Waals surface area (Å²) >= 11 is 0. The molecule has 0 spiro atoms. The molecule has 0 aliphatic rings. The van der Waals surface area contributed by atoms with Gasteiger partial charge in [0.05, 0.1) is 18.1 Å². The van der Waals surface area contributed by atoms with E-state index in [4.69, 9.17) is 9.68 Å². The Kier molecular flexibility index (Phi) is 4.41. The zero-order valence-electron chi connectivity index (χ0n) is 11.8. The number of fused-ring (bicyclic) bond motifs is 1. The Morgan fingerprint density at radius 1 is 1.40 bits per heavy atom. The molecule has 0 radical (unpaired) electrons. The Labute approximate surface area is 118 Å². The summed E-state index contributed by atoms with van der Waals surface area (Å²) in [5, 5.41) is 9.55. The van der Waals surface area contributed by atoms with Gasteiger partial charge in [-0.15, -0.1) is 0 Å². The van der Waals surface area contributed by atoms with Crippen LogP contribution in [0.1, 0.15) is 30.6 Å². The first-order valence-corrected chi connectivity index (χ1v) is 6.76. The summed E-state index contributed by atoms with van der Waals surface area (Å²) in [5.41, 5.74) is 1.28. The van der Waals surface area contributed by atoms with Gasteiger partial charge in [0.25, 0.3) is 5.91 Å². The van der Waals surface area contributed by atoms with E-state index in [9.17, 15) is 4.79 Å². The Morgan fingerprint density at radius 3 is 2.85 bits per heavy atom. The number of rotatable bonds is 5. The average Bonchev–Trinajstić information content (AvgIpc) is 2.86. The summed E-state index contributed by atoms with van der Waals surface area (Å²) in [6.07, 6.45) is 1.85. The predicted molar refractivity (Wildman–Crippen MR) is 77.2 cm³/mol. The number of carbonyl (C=O) groups is 1. The minimum absolute atomic E-state index is 0.0705. The number of nitrogens with zero attached hydrogens (tertiary/aromatic N) is 2. The van der Waals surface area contributed by atoms with Crippen LogP contribution in [0.4, 0.5) is 0 Å². The van der Waals surface area contributed by atoms with Crippen LogP contribution < -0.4 is 0 Å². The third-order valence-corrected chi connectivity index (χ3v) is 3.08. The molecular formula is C16H18N2O2. The van der Waals surface area contributed by atoms with Crippen molar-refractivity contribution in [1.82, 2.24) is 4.90 Å². The van der Waals surface area contributed by atoms with Crippen LogP contribution in [0.3, 0.4) is 0 Å². The highest BCUT2D eigenvalue weighted by Crippen LogP contribution is 2.22. The van der Waals surface area contributed by atoms with Crippen LogP contribution in [-0.2, 0) is 0 Å². The van der Waals surface area contributed by atoms with Crippen molar-refractivity contribution in [1.29, 1.82) is 5.26 Å². The largest absolute Gasteiger partial charge is 0.463 e. The minimum atomic E-state index is -0.0705. The van der Waals surface area contributed by atoms with Crippen LogP contribution in [0, 0.1) is 17.2 Å². The Bertz CT molecular complexity index is 637. The second kappa shape index (κ2) is 6.25. The number of carbonyl (C=O) groups excluding carboxylic acids is 1. The van der Waals surface area contributed by atoms with Crippen molar-refractivity contribution in [3.05, 3.63) is 36.1 Å². The second-order valence-electron chi connectivity index (χ2n) is 5.20. The molecule has 0 saturated heterocycles.